The predicted molar refractivity (Wildman–Crippen MR) is 163 cm³/mol. The van der Waals surface area contributed by atoms with Crippen LogP contribution in [0.3, 0.4) is 0 Å². The van der Waals surface area contributed by atoms with E-state index < -0.39 is 42.0 Å². The van der Waals surface area contributed by atoms with Crippen LogP contribution in [0.1, 0.15) is 58.1 Å². The summed E-state index contributed by atoms with van der Waals surface area (Å²) in [6.45, 7) is 7.89. The topological polar surface area (TPSA) is 155 Å². The molecule has 2 amide bonds. The molecule has 0 radical (unpaired) electrons. The van der Waals surface area contributed by atoms with Crippen molar-refractivity contribution in [2.24, 2.45) is 11.8 Å². The zero-order valence-corrected chi connectivity index (χ0v) is 25.8. The van der Waals surface area contributed by atoms with E-state index >= 15 is 0 Å². The minimum atomic E-state index is -1.26. The summed E-state index contributed by atoms with van der Waals surface area (Å²) in [4.78, 5) is 52.6. The third-order valence-electron chi connectivity index (χ3n) is 8.11. The fourth-order valence-corrected chi connectivity index (χ4v) is 5.85. The van der Waals surface area contributed by atoms with Gasteiger partial charge in [-0.05, 0) is 54.5 Å². The summed E-state index contributed by atoms with van der Waals surface area (Å²) in [5.74, 6) is -1.59. The lowest BCUT2D eigenvalue weighted by atomic mass is 9.80. The van der Waals surface area contributed by atoms with Crippen molar-refractivity contribution in [2.45, 2.75) is 90.1 Å². The quantitative estimate of drug-likeness (QED) is 0.216. The number of ketones is 1. The van der Waals surface area contributed by atoms with Crippen LogP contribution in [0.25, 0.3) is 0 Å². The lowest BCUT2D eigenvalue weighted by Gasteiger charge is -2.44. The number of cyclic esters (lactones) is 1. The van der Waals surface area contributed by atoms with E-state index in [0.717, 1.165) is 17.5 Å². The first-order chi connectivity index (χ1) is 21.0. The Morgan fingerprint density at radius 1 is 1.07 bits per heavy atom. The normalized spacial score (nSPS) is 24.8. The molecule has 44 heavy (non-hydrogen) atoms. The number of phenols is 1. The number of nitrogens with one attached hydrogen (secondary N) is 4. The third-order valence-corrected chi connectivity index (χ3v) is 8.11. The Balaban J connectivity index is 1.54. The molecule has 2 aliphatic heterocycles. The average Bonchev–Trinajstić information content (AvgIpc) is 3.33. The maximum Gasteiger partial charge on any atom is 0.309 e. The van der Waals surface area contributed by atoms with Gasteiger partial charge in [0.05, 0.1) is 25.1 Å². The Morgan fingerprint density at radius 3 is 2.41 bits per heavy atom. The van der Waals surface area contributed by atoms with Crippen LogP contribution in [0, 0.1) is 11.8 Å². The number of benzene rings is 2. The van der Waals surface area contributed by atoms with Gasteiger partial charge in [0.1, 0.15) is 17.5 Å². The zero-order valence-electron chi connectivity index (χ0n) is 25.8. The summed E-state index contributed by atoms with van der Waals surface area (Å²) in [5, 5.41) is 22.1. The zero-order chi connectivity index (χ0) is 31.9. The molecule has 11 nitrogen and oxygen atoms in total. The summed E-state index contributed by atoms with van der Waals surface area (Å²) in [7, 11) is 0. The van der Waals surface area contributed by atoms with Gasteiger partial charge in [0, 0.05) is 13.3 Å². The molecule has 0 aromatic heterocycles. The summed E-state index contributed by atoms with van der Waals surface area (Å²) >= 11 is 0. The minimum absolute atomic E-state index is 0.0283. The molecule has 11 heteroatoms. The number of esters is 1. The Hall–Kier alpha value is -3.80. The van der Waals surface area contributed by atoms with Crippen molar-refractivity contribution < 1.29 is 33.8 Å². The Morgan fingerprint density at radius 2 is 1.77 bits per heavy atom. The molecule has 2 saturated heterocycles. The Kier molecular flexibility index (Phi) is 11.1. The van der Waals surface area contributed by atoms with Crippen LogP contribution < -0.4 is 21.3 Å². The van der Waals surface area contributed by atoms with Crippen molar-refractivity contribution >= 4 is 23.6 Å². The highest BCUT2D eigenvalue weighted by atomic mass is 16.7. The number of phenolic OH excluding ortho intramolecular Hbond substituents is 1. The van der Waals surface area contributed by atoms with Gasteiger partial charge in [0.2, 0.25) is 18.1 Å². The summed E-state index contributed by atoms with van der Waals surface area (Å²) in [6.07, 6.45) is 0.601. The standard InChI is InChI=1S/C33H44N4O7/c1-20(2)29(36-31(42)26(35-22(4)38)16-23-10-12-25(39)13-11-23)30(41)33(18-21(3)14-15-34-33)37-27-17-28(40)44-32(27)43-19-24-8-6-5-7-9-24/h5-13,20-21,26-27,29,32,34,37,39H,14-19H2,1-4H3,(H,35,38)(H,36,42)/t21?,26-,27?,29-,32?,33?/m0/s1. The van der Waals surface area contributed by atoms with Crippen LogP contribution in [0.4, 0.5) is 0 Å². The van der Waals surface area contributed by atoms with Crippen molar-refractivity contribution in [1.82, 2.24) is 21.3 Å². The molecule has 2 fully saturated rings. The second-order valence-corrected chi connectivity index (χ2v) is 12.3. The molecule has 0 saturated carbocycles. The van der Waals surface area contributed by atoms with E-state index in [4.69, 9.17) is 9.47 Å². The molecule has 2 aliphatic rings. The number of Topliss-reactive ketones (excluding diaryl/α,β-unsaturated/α-hetero) is 1. The van der Waals surface area contributed by atoms with E-state index in [1.807, 2.05) is 44.2 Å². The van der Waals surface area contributed by atoms with Gasteiger partial charge >= 0.3 is 5.97 Å². The molecule has 0 bridgehead atoms. The van der Waals surface area contributed by atoms with Gasteiger partial charge < -0.3 is 25.2 Å². The molecular formula is C33H44N4O7. The molecule has 238 valence electrons. The summed E-state index contributed by atoms with van der Waals surface area (Å²) in [6, 6.07) is 13.5. The molecular weight excluding hydrogens is 564 g/mol. The third kappa shape index (κ3) is 8.64. The largest absolute Gasteiger partial charge is 0.508 e. The highest BCUT2D eigenvalue weighted by Crippen LogP contribution is 2.29. The SMILES string of the molecule is CC(=O)N[C@@H](Cc1ccc(O)cc1)C(=O)N[C@H](C(=O)C1(NC2CC(=O)OC2OCc2ccccc2)CC(C)CCN1)C(C)C. The Labute approximate surface area is 258 Å². The van der Waals surface area contributed by atoms with Crippen molar-refractivity contribution in [2.75, 3.05) is 6.54 Å². The van der Waals surface area contributed by atoms with Crippen molar-refractivity contribution in [3.63, 3.8) is 0 Å². The molecule has 0 spiro atoms. The number of aromatic hydroxyl groups is 1. The van der Waals surface area contributed by atoms with Gasteiger partial charge in [-0.25, -0.2) is 0 Å². The van der Waals surface area contributed by atoms with Gasteiger partial charge in [-0.1, -0.05) is 63.2 Å². The number of carbonyl (C=O) groups excluding carboxylic acids is 4. The fraction of sp³-hybridized carbons (Fsp3) is 0.515. The lowest BCUT2D eigenvalue weighted by molar-refractivity contribution is -0.168. The lowest BCUT2D eigenvalue weighted by Crippen LogP contribution is -2.72. The monoisotopic (exact) mass is 608 g/mol. The number of carbonyl (C=O) groups is 4. The van der Waals surface area contributed by atoms with Crippen LogP contribution in [-0.4, -0.2) is 65.3 Å². The van der Waals surface area contributed by atoms with E-state index in [0.29, 0.717) is 13.0 Å². The number of hydrogen-bond donors (Lipinski definition) is 5. The molecule has 2 aromatic rings. The maximum atomic E-state index is 14.5. The van der Waals surface area contributed by atoms with Crippen LogP contribution in [-0.2, 0) is 41.7 Å². The fourth-order valence-electron chi connectivity index (χ4n) is 5.85. The highest BCUT2D eigenvalue weighted by molar-refractivity contribution is 5.97. The van der Waals surface area contributed by atoms with E-state index in [-0.39, 0.29) is 48.7 Å². The second kappa shape index (κ2) is 14.8. The van der Waals surface area contributed by atoms with E-state index in [1.165, 1.54) is 19.1 Å². The number of hydrogen-bond acceptors (Lipinski definition) is 9. The van der Waals surface area contributed by atoms with Crippen LogP contribution in [0.2, 0.25) is 0 Å². The Bertz CT molecular complexity index is 1300. The maximum absolute atomic E-state index is 14.5. The molecule has 2 heterocycles. The van der Waals surface area contributed by atoms with Crippen LogP contribution in [0.15, 0.2) is 54.6 Å². The first-order valence-electron chi connectivity index (χ1n) is 15.2. The first-order valence-corrected chi connectivity index (χ1v) is 15.2. The summed E-state index contributed by atoms with van der Waals surface area (Å²) in [5.41, 5.74) is 0.401. The van der Waals surface area contributed by atoms with E-state index in [2.05, 4.69) is 28.2 Å². The number of rotatable bonds is 13. The number of amides is 2. The van der Waals surface area contributed by atoms with Crippen molar-refractivity contribution in [3.8, 4) is 5.75 Å². The smallest absolute Gasteiger partial charge is 0.309 e. The van der Waals surface area contributed by atoms with Gasteiger partial charge in [-0.2, -0.15) is 0 Å². The minimum Gasteiger partial charge on any atom is -0.508 e. The van der Waals surface area contributed by atoms with Gasteiger partial charge in [-0.15, -0.1) is 0 Å². The number of piperidine rings is 1. The summed E-state index contributed by atoms with van der Waals surface area (Å²) < 4.78 is 11.5. The number of ether oxygens (including phenoxy) is 2. The van der Waals surface area contributed by atoms with Crippen LogP contribution in [0.5, 0.6) is 5.75 Å². The van der Waals surface area contributed by atoms with E-state index in [9.17, 15) is 24.3 Å². The van der Waals surface area contributed by atoms with Crippen LogP contribution >= 0.6 is 0 Å². The van der Waals surface area contributed by atoms with Gasteiger partial charge in [-0.3, -0.25) is 29.8 Å². The molecule has 2 aromatic carbocycles. The molecule has 4 rings (SSSR count). The molecule has 5 N–H and O–H groups in total. The first kappa shape index (κ1) is 33.1. The van der Waals surface area contributed by atoms with Crippen molar-refractivity contribution in [3.05, 3.63) is 65.7 Å². The van der Waals surface area contributed by atoms with Crippen molar-refractivity contribution in [1.29, 1.82) is 0 Å². The predicted octanol–water partition coefficient (Wildman–Crippen LogP) is 2.31. The molecule has 6 atom stereocenters. The van der Waals surface area contributed by atoms with Gasteiger partial charge in [0.15, 0.2) is 5.78 Å². The van der Waals surface area contributed by atoms with Gasteiger partial charge in [0.25, 0.3) is 0 Å². The average molecular weight is 609 g/mol. The molecule has 4 unspecified atom stereocenters. The van der Waals surface area contributed by atoms with E-state index in [1.54, 1.807) is 12.1 Å². The second-order valence-electron chi connectivity index (χ2n) is 12.3. The highest BCUT2D eigenvalue weighted by Gasteiger charge is 2.50. The molecule has 0 aliphatic carbocycles.